The lowest BCUT2D eigenvalue weighted by atomic mass is 9.82. The van der Waals surface area contributed by atoms with Crippen molar-refractivity contribution in [2.24, 2.45) is 0 Å². The number of aryl methyl sites for hydroxylation is 1. The molecule has 0 heteroatoms. The van der Waals surface area contributed by atoms with Crippen molar-refractivity contribution in [2.45, 2.75) is 26.2 Å². The van der Waals surface area contributed by atoms with Crippen LogP contribution in [0.4, 0.5) is 0 Å². The minimum Gasteiger partial charge on any atom is -0.0619 e. The molecule has 0 unspecified atom stereocenters. The van der Waals surface area contributed by atoms with Gasteiger partial charge in [-0.3, -0.25) is 0 Å². The molecule has 0 radical (unpaired) electrons. The van der Waals surface area contributed by atoms with Crippen LogP contribution in [0.1, 0.15) is 30.5 Å². The molecular weight excluding hydrogens is 312 g/mol. The Bertz CT molecular complexity index is 1020. The average Bonchev–Trinajstić information content (AvgIpc) is 2.91. The van der Waals surface area contributed by atoms with Crippen molar-refractivity contribution in [1.29, 1.82) is 0 Å². The van der Waals surface area contributed by atoms with Gasteiger partial charge in [0.1, 0.15) is 0 Å². The standard InChI is InChI=1S/C15H14.C11H10/c1-15(2)13-9-5-3-7-11(13)12-8-4-6-10-14(12)15;1-9-6-7-10-4-2-3-5-11(10)8-9/h3-10H,1-2H3;2-8H,1H3. The van der Waals surface area contributed by atoms with E-state index >= 15 is 0 Å². The molecule has 0 heterocycles. The van der Waals surface area contributed by atoms with Gasteiger partial charge in [-0.1, -0.05) is 110 Å². The molecule has 0 saturated carbocycles. The van der Waals surface area contributed by atoms with Crippen LogP contribution in [0.15, 0.2) is 91.0 Å². The van der Waals surface area contributed by atoms with E-state index in [1.165, 1.54) is 38.6 Å². The van der Waals surface area contributed by atoms with E-state index in [9.17, 15) is 0 Å². The highest BCUT2D eigenvalue weighted by Crippen LogP contribution is 2.47. The fourth-order valence-electron chi connectivity index (χ4n) is 3.98. The Labute approximate surface area is 156 Å². The van der Waals surface area contributed by atoms with Crippen LogP contribution in [0.3, 0.4) is 0 Å². The summed E-state index contributed by atoms with van der Waals surface area (Å²) in [5.41, 5.74) is 7.19. The summed E-state index contributed by atoms with van der Waals surface area (Å²) in [6.45, 7) is 6.72. The summed E-state index contributed by atoms with van der Waals surface area (Å²) in [4.78, 5) is 0. The van der Waals surface area contributed by atoms with E-state index in [1.807, 2.05) is 0 Å². The van der Waals surface area contributed by atoms with Crippen molar-refractivity contribution in [3.63, 3.8) is 0 Å². The average molecular weight is 336 g/mol. The zero-order valence-electron chi connectivity index (χ0n) is 15.7. The second kappa shape index (κ2) is 6.46. The maximum Gasteiger partial charge on any atom is 0.0158 e. The molecule has 0 fully saturated rings. The highest BCUT2D eigenvalue weighted by molar-refractivity contribution is 5.83. The van der Waals surface area contributed by atoms with Gasteiger partial charge in [0, 0.05) is 5.41 Å². The highest BCUT2D eigenvalue weighted by Gasteiger charge is 2.34. The van der Waals surface area contributed by atoms with Crippen LogP contribution in [0.2, 0.25) is 0 Å². The Morgan fingerprint density at radius 1 is 0.538 bits per heavy atom. The molecule has 0 saturated heterocycles. The van der Waals surface area contributed by atoms with E-state index < -0.39 is 0 Å². The third-order valence-corrected chi connectivity index (χ3v) is 5.40. The van der Waals surface area contributed by atoms with Crippen LogP contribution in [-0.2, 0) is 5.41 Å². The van der Waals surface area contributed by atoms with Gasteiger partial charge in [0.05, 0.1) is 0 Å². The van der Waals surface area contributed by atoms with E-state index in [0.717, 1.165) is 0 Å². The molecule has 1 aliphatic rings. The van der Waals surface area contributed by atoms with Gasteiger partial charge in [-0.25, -0.2) is 0 Å². The number of rotatable bonds is 0. The third-order valence-electron chi connectivity index (χ3n) is 5.40. The lowest BCUT2D eigenvalue weighted by molar-refractivity contribution is 0.660. The van der Waals surface area contributed by atoms with Gasteiger partial charge in [0.2, 0.25) is 0 Å². The number of hydrogen-bond donors (Lipinski definition) is 0. The van der Waals surface area contributed by atoms with Crippen LogP contribution in [-0.4, -0.2) is 0 Å². The second-order valence-electron chi connectivity index (χ2n) is 7.57. The quantitative estimate of drug-likeness (QED) is 0.320. The minimum atomic E-state index is 0.160. The molecule has 0 spiro atoms. The van der Waals surface area contributed by atoms with Crippen molar-refractivity contribution < 1.29 is 0 Å². The Balaban J connectivity index is 0.000000136. The van der Waals surface area contributed by atoms with Crippen LogP contribution in [0.5, 0.6) is 0 Å². The molecule has 0 atom stereocenters. The fraction of sp³-hybridized carbons (Fsp3) is 0.154. The molecule has 5 rings (SSSR count). The molecule has 26 heavy (non-hydrogen) atoms. The zero-order valence-corrected chi connectivity index (χ0v) is 15.7. The summed E-state index contributed by atoms with van der Waals surface area (Å²) in [7, 11) is 0. The monoisotopic (exact) mass is 336 g/mol. The van der Waals surface area contributed by atoms with Crippen molar-refractivity contribution in [2.75, 3.05) is 0 Å². The molecule has 128 valence electrons. The van der Waals surface area contributed by atoms with Crippen LogP contribution in [0, 0.1) is 6.92 Å². The third kappa shape index (κ3) is 2.82. The van der Waals surface area contributed by atoms with Gasteiger partial charge in [-0.15, -0.1) is 0 Å². The molecule has 0 nitrogen and oxygen atoms in total. The Morgan fingerprint density at radius 3 is 1.65 bits per heavy atom. The number of hydrogen-bond acceptors (Lipinski definition) is 0. The van der Waals surface area contributed by atoms with Crippen LogP contribution < -0.4 is 0 Å². The van der Waals surface area contributed by atoms with Crippen molar-refractivity contribution in [1.82, 2.24) is 0 Å². The van der Waals surface area contributed by atoms with E-state index in [0.29, 0.717) is 0 Å². The van der Waals surface area contributed by atoms with Crippen LogP contribution in [0.25, 0.3) is 21.9 Å². The van der Waals surface area contributed by atoms with E-state index in [2.05, 4.69) is 112 Å². The lowest BCUT2D eigenvalue weighted by Gasteiger charge is -2.20. The molecule has 1 aliphatic carbocycles. The SMILES string of the molecule is CC1(C)c2ccccc2-c2ccccc21.Cc1ccc2ccccc2c1. The van der Waals surface area contributed by atoms with Crippen molar-refractivity contribution in [3.05, 3.63) is 108 Å². The van der Waals surface area contributed by atoms with E-state index in [1.54, 1.807) is 0 Å². The predicted molar refractivity (Wildman–Crippen MR) is 113 cm³/mol. The van der Waals surface area contributed by atoms with Gasteiger partial charge < -0.3 is 0 Å². The molecule has 0 aromatic heterocycles. The maximum atomic E-state index is 2.30. The number of fused-ring (bicyclic) bond motifs is 4. The van der Waals surface area contributed by atoms with Crippen LogP contribution >= 0.6 is 0 Å². The normalized spacial score (nSPS) is 13.5. The first-order valence-corrected chi connectivity index (χ1v) is 9.22. The van der Waals surface area contributed by atoms with Gasteiger partial charge >= 0.3 is 0 Å². The topological polar surface area (TPSA) is 0 Å². The number of benzene rings is 4. The highest BCUT2D eigenvalue weighted by atomic mass is 14.4. The van der Waals surface area contributed by atoms with Gasteiger partial charge in [0.15, 0.2) is 0 Å². The summed E-state index contributed by atoms with van der Waals surface area (Å²) < 4.78 is 0. The van der Waals surface area contributed by atoms with E-state index in [4.69, 9.17) is 0 Å². The van der Waals surface area contributed by atoms with Crippen molar-refractivity contribution in [3.8, 4) is 11.1 Å². The lowest BCUT2D eigenvalue weighted by Crippen LogP contribution is -2.14. The largest absolute Gasteiger partial charge is 0.0619 e. The Morgan fingerprint density at radius 2 is 1.04 bits per heavy atom. The van der Waals surface area contributed by atoms with E-state index in [-0.39, 0.29) is 5.41 Å². The Kier molecular flexibility index (Phi) is 4.12. The first-order valence-electron chi connectivity index (χ1n) is 9.22. The Hall–Kier alpha value is -2.86. The van der Waals surface area contributed by atoms with Gasteiger partial charge in [-0.2, -0.15) is 0 Å². The maximum absolute atomic E-state index is 2.30. The molecule has 0 aliphatic heterocycles. The molecule has 0 bridgehead atoms. The first-order chi connectivity index (χ1) is 12.6. The second-order valence-corrected chi connectivity index (χ2v) is 7.57. The summed E-state index contributed by atoms with van der Waals surface area (Å²) in [5.74, 6) is 0. The first kappa shape index (κ1) is 16.6. The fourth-order valence-corrected chi connectivity index (χ4v) is 3.98. The molecule has 0 N–H and O–H groups in total. The van der Waals surface area contributed by atoms with Crippen molar-refractivity contribution >= 4 is 10.8 Å². The molecule has 0 amide bonds. The summed E-state index contributed by atoms with van der Waals surface area (Å²) in [5, 5.41) is 2.64. The van der Waals surface area contributed by atoms with Gasteiger partial charge in [-0.05, 0) is 39.9 Å². The summed E-state index contributed by atoms with van der Waals surface area (Å²) in [6.07, 6.45) is 0. The van der Waals surface area contributed by atoms with Gasteiger partial charge in [0.25, 0.3) is 0 Å². The predicted octanol–water partition coefficient (Wildman–Crippen LogP) is 7.14. The molecular formula is C26H24. The zero-order chi connectivity index (χ0) is 18.1. The smallest absolute Gasteiger partial charge is 0.0158 e. The molecule has 4 aromatic carbocycles. The summed E-state index contributed by atoms with van der Waals surface area (Å²) >= 11 is 0. The summed E-state index contributed by atoms with van der Waals surface area (Å²) in [6, 6.07) is 32.4. The minimum absolute atomic E-state index is 0.160. The molecule has 4 aromatic rings.